The Morgan fingerprint density at radius 3 is 3.09 bits per heavy atom. The van der Waals surface area contributed by atoms with Crippen LogP contribution in [0.25, 0.3) is 15.7 Å². The fourth-order valence-electron chi connectivity index (χ4n) is 4.18. The zero-order chi connectivity index (χ0) is 22.1. The molecule has 1 amide bonds. The molecule has 0 spiro atoms. The van der Waals surface area contributed by atoms with Gasteiger partial charge in [-0.2, -0.15) is 5.10 Å². The molecule has 0 bridgehead atoms. The minimum Gasteiger partial charge on any atom is -0.493 e. The predicted octanol–water partition coefficient (Wildman–Crippen LogP) is 2.96. The Kier molecular flexibility index (Phi) is 5.62. The van der Waals surface area contributed by atoms with Crippen molar-refractivity contribution in [3.63, 3.8) is 0 Å². The van der Waals surface area contributed by atoms with E-state index in [1.165, 1.54) is 10.4 Å². The molecule has 9 nitrogen and oxygen atoms in total. The number of rotatable bonds is 7. The van der Waals surface area contributed by atoms with Gasteiger partial charge in [-0.25, -0.2) is 14.5 Å². The van der Waals surface area contributed by atoms with Crippen molar-refractivity contribution in [3.05, 3.63) is 41.3 Å². The Morgan fingerprint density at radius 1 is 1.34 bits per heavy atom. The van der Waals surface area contributed by atoms with Crippen molar-refractivity contribution in [2.24, 2.45) is 5.92 Å². The van der Waals surface area contributed by atoms with Crippen LogP contribution in [0.4, 0.5) is 11.5 Å². The molecule has 0 unspecified atom stereocenters. The summed E-state index contributed by atoms with van der Waals surface area (Å²) in [4.78, 5) is 23.7. The maximum Gasteiger partial charge on any atom is 0.223 e. The third-order valence-electron chi connectivity index (χ3n) is 5.79. The monoisotopic (exact) mass is 452 g/mol. The van der Waals surface area contributed by atoms with Crippen LogP contribution in [0.15, 0.2) is 30.9 Å². The highest BCUT2D eigenvalue weighted by Gasteiger charge is 2.29. The highest BCUT2D eigenvalue weighted by Crippen LogP contribution is 2.41. The van der Waals surface area contributed by atoms with Crippen LogP contribution in [-0.2, 0) is 22.4 Å². The van der Waals surface area contributed by atoms with Crippen molar-refractivity contribution < 1.29 is 14.3 Å². The number of amides is 1. The van der Waals surface area contributed by atoms with E-state index in [1.807, 2.05) is 18.3 Å². The summed E-state index contributed by atoms with van der Waals surface area (Å²) in [5, 5.41) is 11.7. The Balaban J connectivity index is 1.45. The summed E-state index contributed by atoms with van der Waals surface area (Å²) in [6.45, 7) is 1.06. The van der Waals surface area contributed by atoms with E-state index in [9.17, 15) is 4.79 Å². The molecule has 0 saturated heterocycles. The highest BCUT2D eigenvalue weighted by molar-refractivity contribution is 7.19. The number of methoxy groups -OCH3 is 2. The number of aryl methyl sites for hydroxylation is 1. The van der Waals surface area contributed by atoms with Crippen LogP contribution in [-0.4, -0.2) is 52.9 Å². The van der Waals surface area contributed by atoms with Gasteiger partial charge in [0.1, 0.15) is 17.0 Å². The van der Waals surface area contributed by atoms with Gasteiger partial charge in [-0.3, -0.25) is 4.79 Å². The van der Waals surface area contributed by atoms with Gasteiger partial charge in [-0.05, 0) is 37.0 Å². The van der Waals surface area contributed by atoms with Gasteiger partial charge < -0.3 is 20.1 Å². The largest absolute Gasteiger partial charge is 0.493 e. The van der Waals surface area contributed by atoms with Crippen LogP contribution in [0, 0.1) is 5.92 Å². The minimum atomic E-state index is -0.0267. The van der Waals surface area contributed by atoms with Crippen LogP contribution in [0.3, 0.4) is 0 Å². The van der Waals surface area contributed by atoms with E-state index in [2.05, 4.69) is 25.7 Å². The number of carbonyl (C=O) groups excluding carboxylic acids is 1. The van der Waals surface area contributed by atoms with Crippen molar-refractivity contribution in [3.8, 4) is 5.75 Å². The molecule has 4 aromatic heterocycles. The minimum absolute atomic E-state index is 0.0267. The lowest BCUT2D eigenvalue weighted by molar-refractivity contribution is -0.125. The molecule has 1 aliphatic rings. The second-order valence-electron chi connectivity index (χ2n) is 7.71. The summed E-state index contributed by atoms with van der Waals surface area (Å²) in [7, 11) is 3.27. The Morgan fingerprint density at radius 2 is 2.25 bits per heavy atom. The Hall–Kier alpha value is -3.24. The number of aromatic nitrogens is 4. The van der Waals surface area contributed by atoms with Gasteiger partial charge in [0.2, 0.25) is 5.91 Å². The molecule has 2 N–H and O–H groups in total. The van der Waals surface area contributed by atoms with E-state index in [1.54, 1.807) is 42.6 Å². The predicted molar refractivity (Wildman–Crippen MR) is 123 cm³/mol. The first-order chi connectivity index (χ1) is 15.7. The summed E-state index contributed by atoms with van der Waals surface area (Å²) in [5.41, 5.74) is 3.00. The van der Waals surface area contributed by atoms with Crippen LogP contribution in [0.2, 0.25) is 0 Å². The number of fused-ring (bicyclic) bond motifs is 4. The zero-order valence-corrected chi connectivity index (χ0v) is 18.7. The second-order valence-corrected chi connectivity index (χ2v) is 8.79. The summed E-state index contributed by atoms with van der Waals surface area (Å²) in [6.07, 6.45) is 7.51. The van der Waals surface area contributed by atoms with E-state index in [0.29, 0.717) is 18.9 Å². The molecule has 4 aromatic rings. The van der Waals surface area contributed by atoms with Crippen molar-refractivity contribution in [1.82, 2.24) is 24.9 Å². The summed E-state index contributed by atoms with van der Waals surface area (Å²) in [5.74, 6) is 1.48. The fraction of sp³-hybridized carbons (Fsp3) is 0.364. The number of pyridine rings is 1. The molecule has 4 heterocycles. The first-order valence-electron chi connectivity index (χ1n) is 10.5. The van der Waals surface area contributed by atoms with E-state index < -0.39 is 0 Å². The SMILES string of the molecule is COCCNC(=O)[C@H]1CCc2c(sc3ncnc(Nc4cc5ccnn5cc4OC)c23)C1. The smallest absolute Gasteiger partial charge is 0.223 e. The van der Waals surface area contributed by atoms with E-state index in [-0.39, 0.29) is 11.8 Å². The molecule has 1 atom stereocenters. The van der Waals surface area contributed by atoms with Crippen LogP contribution in [0.1, 0.15) is 16.9 Å². The molecule has 166 valence electrons. The van der Waals surface area contributed by atoms with E-state index >= 15 is 0 Å². The van der Waals surface area contributed by atoms with E-state index in [4.69, 9.17) is 9.47 Å². The Bertz CT molecular complexity index is 1280. The standard InChI is InChI=1S/C22H24N6O3S/c1-30-8-7-23-21(29)13-3-4-15-18(9-13)32-22-19(15)20(24-12-25-22)27-16-10-14-5-6-26-28(14)11-17(16)31-2/h5-6,10-13H,3-4,7-9H2,1-2H3,(H,23,29)(H,24,25,27)/t13-/m0/s1. The topological polar surface area (TPSA) is 103 Å². The molecular formula is C22H24N6O3S. The van der Waals surface area contributed by atoms with Gasteiger partial charge >= 0.3 is 0 Å². The quantitative estimate of drug-likeness (QED) is 0.416. The number of nitrogens with one attached hydrogen (secondary N) is 2. The lowest BCUT2D eigenvalue weighted by atomic mass is 9.87. The third kappa shape index (κ3) is 3.76. The zero-order valence-electron chi connectivity index (χ0n) is 17.9. The average Bonchev–Trinajstić information content (AvgIpc) is 3.42. The van der Waals surface area contributed by atoms with E-state index in [0.717, 1.165) is 46.5 Å². The molecule has 0 fully saturated rings. The summed E-state index contributed by atoms with van der Waals surface area (Å²) < 4.78 is 12.4. The lowest BCUT2D eigenvalue weighted by Gasteiger charge is -2.22. The number of carbonyl (C=O) groups is 1. The number of nitrogens with zero attached hydrogens (tertiary/aromatic N) is 4. The first-order valence-corrected chi connectivity index (χ1v) is 11.3. The lowest BCUT2D eigenvalue weighted by Crippen LogP contribution is -2.35. The molecule has 0 radical (unpaired) electrons. The molecule has 0 aromatic carbocycles. The number of hydrogen-bond acceptors (Lipinski definition) is 8. The molecule has 32 heavy (non-hydrogen) atoms. The first kappa shape index (κ1) is 20.7. The van der Waals surface area contributed by atoms with Gasteiger partial charge in [0, 0.05) is 30.6 Å². The molecular weight excluding hydrogens is 428 g/mol. The van der Waals surface area contributed by atoms with Crippen molar-refractivity contribution >= 4 is 44.5 Å². The average molecular weight is 453 g/mol. The summed E-state index contributed by atoms with van der Waals surface area (Å²) >= 11 is 1.65. The molecule has 0 saturated carbocycles. The van der Waals surface area contributed by atoms with Crippen LogP contribution >= 0.6 is 11.3 Å². The summed E-state index contributed by atoms with van der Waals surface area (Å²) in [6, 6.07) is 3.92. The maximum atomic E-state index is 12.5. The van der Waals surface area contributed by atoms with Crippen molar-refractivity contribution in [1.29, 1.82) is 0 Å². The van der Waals surface area contributed by atoms with Gasteiger partial charge in [0.25, 0.3) is 0 Å². The Labute approximate surface area is 188 Å². The number of hydrogen-bond donors (Lipinski definition) is 2. The van der Waals surface area contributed by atoms with Crippen molar-refractivity contribution in [2.45, 2.75) is 19.3 Å². The third-order valence-corrected chi connectivity index (χ3v) is 6.95. The molecule has 10 heteroatoms. The number of thiophene rings is 1. The maximum absolute atomic E-state index is 12.5. The normalized spacial score (nSPS) is 15.6. The molecule has 5 rings (SSSR count). The number of ether oxygens (including phenoxy) is 2. The fourth-order valence-corrected chi connectivity index (χ4v) is 5.45. The highest BCUT2D eigenvalue weighted by atomic mass is 32.1. The van der Waals surface area contributed by atoms with Gasteiger partial charge in [-0.1, -0.05) is 0 Å². The van der Waals surface area contributed by atoms with Gasteiger partial charge in [-0.15, -0.1) is 11.3 Å². The van der Waals surface area contributed by atoms with Gasteiger partial charge in [0.05, 0.1) is 36.5 Å². The second kappa shape index (κ2) is 8.71. The number of anilines is 2. The van der Waals surface area contributed by atoms with Crippen LogP contribution < -0.4 is 15.4 Å². The van der Waals surface area contributed by atoms with Crippen molar-refractivity contribution in [2.75, 3.05) is 32.7 Å². The molecule has 0 aliphatic heterocycles. The molecule has 1 aliphatic carbocycles. The van der Waals surface area contributed by atoms with Crippen LogP contribution in [0.5, 0.6) is 5.75 Å². The van der Waals surface area contributed by atoms with Gasteiger partial charge in [0.15, 0.2) is 5.75 Å².